The normalized spacial score (nSPS) is 24.7. The second-order valence-corrected chi connectivity index (χ2v) is 4.43. The van der Waals surface area contributed by atoms with Crippen molar-refractivity contribution in [2.45, 2.75) is 24.8 Å². The standard InChI is InChI=1S/C14H13NO3/c16-8-15-12-4-2-1-3-11(12)10-5-6-13-14(7-10)18-9-17-13/h1,3,5-7,11-12H,2,4,9H2/t11-,12+/m1/s1. The summed E-state index contributed by atoms with van der Waals surface area (Å²) >= 11 is 0. The summed E-state index contributed by atoms with van der Waals surface area (Å²) in [4.78, 5) is 14.4. The molecule has 1 aliphatic heterocycles. The molecule has 0 aromatic heterocycles. The first kappa shape index (κ1) is 11.1. The topological polar surface area (TPSA) is 47.9 Å². The van der Waals surface area contributed by atoms with Crippen LogP contribution in [-0.4, -0.2) is 18.9 Å². The number of nitrogens with zero attached hydrogens (tertiary/aromatic N) is 1. The molecular formula is C14H13NO3. The molecule has 4 nitrogen and oxygen atoms in total. The molecule has 0 amide bonds. The van der Waals surface area contributed by atoms with Crippen molar-refractivity contribution in [2.24, 2.45) is 4.99 Å². The first-order chi connectivity index (χ1) is 8.88. The molecule has 0 saturated heterocycles. The van der Waals surface area contributed by atoms with Gasteiger partial charge in [-0.3, -0.25) is 0 Å². The average molecular weight is 243 g/mol. The van der Waals surface area contributed by atoms with E-state index in [1.165, 1.54) is 0 Å². The smallest absolute Gasteiger partial charge is 0.235 e. The zero-order valence-electron chi connectivity index (χ0n) is 9.83. The summed E-state index contributed by atoms with van der Waals surface area (Å²) in [6.07, 6.45) is 7.74. The van der Waals surface area contributed by atoms with Crippen LogP contribution in [0.3, 0.4) is 0 Å². The van der Waals surface area contributed by atoms with Crippen molar-refractivity contribution >= 4 is 6.08 Å². The lowest BCUT2D eigenvalue weighted by Gasteiger charge is -2.23. The van der Waals surface area contributed by atoms with Crippen molar-refractivity contribution in [3.05, 3.63) is 35.9 Å². The van der Waals surface area contributed by atoms with Crippen LogP contribution in [0.4, 0.5) is 0 Å². The second-order valence-electron chi connectivity index (χ2n) is 4.43. The lowest BCUT2D eigenvalue weighted by Crippen LogP contribution is -2.17. The predicted molar refractivity (Wildman–Crippen MR) is 65.6 cm³/mol. The molecule has 0 radical (unpaired) electrons. The Morgan fingerprint density at radius 1 is 1.28 bits per heavy atom. The Hall–Kier alpha value is -2.06. The van der Waals surface area contributed by atoms with Crippen molar-refractivity contribution in [3.63, 3.8) is 0 Å². The third-order valence-electron chi connectivity index (χ3n) is 3.39. The van der Waals surface area contributed by atoms with Crippen molar-refractivity contribution in [1.82, 2.24) is 0 Å². The van der Waals surface area contributed by atoms with Crippen molar-refractivity contribution in [2.75, 3.05) is 6.79 Å². The Kier molecular flexibility index (Phi) is 2.87. The van der Waals surface area contributed by atoms with Crippen LogP contribution >= 0.6 is 0 Å². The Bertz CT molecular complexity index is 532. The maximum atomic E-state index is 10.5. The maximum Gasteiger partial charge on any atom is 0.235 e. The van der Waals surface area contributed by atoms with Gasteiger partial charge in [0.2, 0.25) is 12.9 Å². The van der Waals surface area contributed by atoms with Gasteiger partial charge in [-0.25, -0.2) is 9.79 Å². The third-order valence-corrected chi connectivity index (χ3v) is 3.39. The molecule has 92 valence electrons. The molecule has 1 aromatic carbocycles. The molecule has 1 heterocycles. The Morgan fingerprint density at radius 2 is 2.17 bits per heavy atom. The lowest BCUT2D eigenvalue weighted by molar-refractivity contribution is 0.174. The van der Waals surface area contributed by atoms with Gasteiger partial charge >= 0.3 is 0 Å². The largest absolute Gasteiger partial charge is 0.454 e. The van der Waals surface area contributed by atoms with Gasteiger partial charge in [0.25, 0.3) is 0 Å². The Morgan fingerprint density at radius 3 is 3.06 bits per heavy atom. The first-order valence-corrected chi connectivity index (χ1v) is 6.01. The minimum atomic E-state index is -0.0205. The van der Waals surface area contributed by atoms with Crippen LogP contribution in [-0.2, 0) is 4.79 Å². The molecule has 0 N–H and O–H groups in total. The van der Waals surface area contributed by atoms with Crippen LogP contribution < -0.4 is 9.47 Å². The van der Waals surface area contributed by atoms with E-state index in [2.05, 4.69) is 17.1 Å². The van der Waals surface area contributed by atoms with Crippen LogP contribution in [0.1, 0.15) is 24.3 Å². The fraction of sp³-hybridized carbons (Fsp3) is 0.357. The molecule has 1 aromatic rings. The molecule has 1 aliphatic carbocycles. The minimum Gasteiger partial charge on any atom is -0.454 e. The van der Waals surface area contributed by atoms with Crippen LogP contribution in [0.2, 0.25) is 0 Å². The molecule has 0 bridgehead atoms. The number of benzene rings is 1. The third kappa shape index (κ3) is 1.91. The fourth-order valence-corrected chi connectivity index (χ4v) is 2.48. The molecule has 0 unspecified atom stereocenters. The van der Waals surface area contributed by atoms with Crippen molar-refractivity contribution < 1.29 is 14.3 Å². The highest BCUT2D eigenvalue weighted by Crippen LogP contribution is 2.38. The number of hydrogen-bond donors (Lipinski definition) is 0. The predicted octanol–water partition coefficient (Wildman–Crippen LogP) is 2.55. The number of aliphatic imine (C=N–C) groups is 1. The molecule has 4 heteroatoms. The van der Waals surface area contributed by atoms with Crippen LogP contribution in [0.15, 0.2) is 35.3 Å². The molecule has 0 saturated carbocycles. The summed E-state index contributed by atoms with van der Waals surface area (Å²) in [5.74, 6) is 1.66. The van der Waals surface area contributed by atoms with Crippen LogP contribution in [0.5, 0.6) is 11.5 Å². The number of allylic oxidation sites excluding steroid dienone is 1. The molecule has 18 heavy (non-hydrogen) atoms. The summed E-state index contributed by atoms with van der Waals surface area (Å²) in [5, 5.41) is 0. The minimum absolute atomic E-state index is 0.0205. The van der Waals surface area contributed by atoms with Gasteiger partial charge in [-0.2, -0.15) is 0 Å². The van der Waals surface area contributed by atoms with E-state index in [4.69, 9.17) is 9.47 Å². The summed E-state index contributed by atoms with van der Waals surface area (Å²) in [6.45, 7) is 0.273. The van der Waals surface area contributed by atoms with E-state index < -0.39 is 0 Å². The van der Waals surface area contributed by atoms with E-state index in [9.17, 15) is 4.79 Å². The van der Waals surface area contributed by atoms with E-state index >= 15 is 0 Å². The monoisotopic (exact) mass is 243 g/mol. The Balaban J connectivity index is 1.95. The summed E-state index contributed by atoms with van der Waals surface area (Å²) in [5.41, 5.74) is 1.10. The summed E-state index contributed by atoms with van der Waals surface area (Å²) < 4.78 is 10.7. The van der Waals surface area contributed by atoms with E-state index in [1.54, 1.807) is 6.08 Å². The van der Waals surface area contributed by atoms with Crippen LogP contribution in [0, 0.1) is 0 Å². The van der Waals surface area contributed by atoms with Gasteiger partial charge in [0.1, 0.15) is 0 Å². The highest BCUT2D eigenvalue weighted by molar-refractivity contribution is 5.47. The van der Waals surface area contributed by atoms with E-state index in [0.29, 0.717) is 0 Å². The molecule has 3 rings (SSSR count). The van der Waals surface area contributed by atoms with E-state index in [-0.39, 0.29) is 18.8 Å². The molecule has 2 aliphatic rings. The molecular weight excluding hydrogens is 230 g/mol. The maximum absolute atomic E-state index is 10.5. The highest BCUT2D eigenvalue weighted by atomic mass is 16.7. The van der Waals surface area contributed by atoms with E-state index in [1.807, 2.05) is 18.2 Å². The summed E-state index contributed by atoms with van der Waals surface area (Å²) in [6, 6.07) is 5.85. The van der Waals surface area contributed by atoms with Gasteiger partial charge in [0.05, 0.1) is 6.04 Å². The summed E-state index contributed by atoms with van der Waals surface area (Å²) in [7, 11) is 0. The van der Waals surface area contributed by atoms with Crippen molar-refractivity contribution in [1.29, 1.82) is 0 Å². The quantitative estimate of drug-likeness (QED) is 0.455. The molecule has 0 fully saturated rings. The van der Waals surface area contributed by atoms with Crippen molar-refractivity contribution in [3.8, 4) is 11.5 Å². The SMILES string of the molecule is O=C=N[C@H]1CCC=C[C@@H]1c1ccc2c(c1)OCO2. The number of fused-ring (bicyclic) bond motifs is 1. The number of rotatable bonds is 2. The van der Waals surface area contributed by atoms with Gasteiger partial charge in [0, 0.05) is 5.92 Å². The zero-order chi connectivity index (χ0) is 12.4. The molecule has 2 atom stereocenters. The second kappa shape index (κ2) is 4.67. The average Bonchev–Trinajstić information content (AvgIpc) is 2.87. The number of ether oxygens (including phenoxy) is 2. The van der Waals surface area contributed by atoms with Gasteiger partial charge in [-0.1, -0.05) is 18.2 Å². The first-order valence-electron chi connectivity index (χ1n) is 6.01. The molecule has 0 spiro atoms. The van der Waals surface area contributed by atoms with Gasteiger partial charge in [-0.15, -0.1) is 0 Å². The van der Waals surface area contributed by atoms with Gasteiger partial charge < -0.3 is 9.47 Å². The highest BCUT2D eigenvalue weighted by Gasteiger charge is 2.24. The number of isocyanates is 1. The zero-order valence-corrected chi connectivity index (χ0v) is 9.83. The van der Waals surface area contributed by atoms with Gasteiger partial charge in [0.15, 0.2) is 11.5 Å². The number of hydrogen-bond acceptors (Lipinski definition) is 4. The number of carbonyl (C=O) groups excluding carboxylic acids is 1. The van der Waals surface area contributed by atoms with Crippen LogP contribution in [0.25, 0.3) is 0 Å². The van der Waals surface area contributed by atoms with Gasteiger partial charge in [-0.05, 0) is 30.5 Å². The lowest BCUT2D eigenvalue weighted by atomic mass is 9.85. The Labute approximate surface area is 105 Å². The fourth-order valence-electron chi connectivity index (χ4n) is 2.48. The van der Waals surface area contributed by atoms with E-state index in [0.717, 1.165) is 29.9 Å².